The molecule has 0 amide bonds. The maximum Gasteiger partial charge on any atom is 0.419 e. The SMILES string of the molecule is CCn1c(=O)oc2cc(S(=O)(=O)Nc3nc4c(s3)CCCC4)ccc21. The van der Waals surface area contributed by atoms with Crippen molar-refractivity contribution in [3.05, 3.63) is 39.3 Å². The predicted molar refractivity (Wildman–Crippen MR) is 95.7 cm³/mol. The van der Waals surface area contributed by atoms with Crippen molar-refractivity contribution in [3.63, 3.8) is 0 Å². The first kappa shape index (κ1) is 16.3. The van der Waals surface area contributed by atoms with Crippen LogP contribution in [0.25, 0.3) is 11.1 Å². The predicted octanol–water partition coefficient (Wildman–Crippen LogP) is 2.75. The number of oxazole rings is 1. The number of sulfonamides is 1. The number of benzene rings is 1. The Kier molecular flexibility index (Phi) is 3.92. The molecule has 2 aromatic heterocycles. The largest absolute Gasteiger partial charge is 0.419 e. The molecule has 0 saturated carbocycles. The highest BCUT2D eigenvalue weighted by Crippen LogP contribution is 2.31. The topological polar surface area (TPSA) is 94.2 Å². The van der Waals surface area contributed by atoms with Gasteiger partial charge in [-0.2, -0.15) is 0 Å². The van der Waals surface area contributed by atoms with Crippen molar-refractivity contribution in [2.45, 2.75) is 44.0 Å². The van der Waals surface area contributed by atoms with Crippen molar-refractivity contribution in [2.75, 3.05) is 4.72 Å². The molecule has 0 spiro atoms. The van der Waals surface area contributed by atoms with E-state index in [0.717, 1.165) is 36.3 Å². The molecule has 0 aliphatic heterocycles. The molecule has 0 atom stereocenters. The van der Waals surface area contributed by atoms with Crippen LogP contribution in [0.15, 0.2) is 32.3 Å². The molecule has 0 saturated heterocycles. The third-order valence-corrected chi connectivity index (χ3v) is 6.87. The average molecular weight is 379 g/mol. The Labute approximate surface area is 148 Å². The third kappa shape index (κ3) is 2.87. The maximum absolute atomic E-state index is 12.6. The second kappa shape index (κ2) is 5.99. The zero-order valence-corrected chi connectivity index (χ0v) is 15.2. The molecule has 2 heterocycles. The Morgan fingerprint density at radius 2 is 2.12 bits per heavy atom. The molecule has 3 aromatic rings. The van der Waals surface area contributed by atoms with Gasteiger partial charge in [-0.3, -0.25) is 9.29 Å². The molecule has 0 unspecified atom stereocenters. The van der Waals surface area contributed by atoms with E-state index >= 15 is 0 Å². The lowest BCUT2D eigenvalue weighted by molar-refractivity contribution is 0.512. The number of nitrogens with zero attached hydrogens (tertiary/aromatic N) is 2. The number of thiazole rings is 1. The summed E-state index contributed by atoms with van der Waals surface area (Å²) < 4.78 is 34.4. The minimum atomic E-state index is -3.79. The van der Waals surface area contributed by atoms with Crippen molar-refractivity contribution in [2.24, 2.45) is 0 Å². The van der Waals surface area contributed by atoms with Crippen LogP contribution in [0.3, 0.4) is 0 Å². The molecule has 132 valence electrons. The van der Waals surface area contributed by atoms with Gasteiger partial charge in [0.25, 0.3) is 10.0 Å². The first-order valence-corrected chi connectivity index (χ1v) is 10.4. The summed E-state index contributed by atoms with van der Waals surface area (Å²) in [5.41, 5.74) is 1.83. The van der Waals surface area contributed by atoms with Gasteiger partial charge < -0.3 is 4.42 Å². The molecule has 0 fully saturated rings. The van der Waals surface area contributed by atoms with Crippen LogP contribution in [0.5, 0.6) is 0 Å². The lowest BCUT2D eigenvalue weighted by Crippen LogP contribution is -2.13. The van der Waals surface area contributed by atoms with Crippen LogP contribution in [0.2, 0.25) is 0 Å². The van der Waals surface area contributed by atoms with Gasteiger partial charge in [0.05, 0.1) is 16.1 Å². The summed E-state index contributed by atoms with van der Waals surface area (Å²) in [6.45, 7) is 2.29. The van der Waals surface area contributed by atoms with Gasteiger partial charge >= 0.3 is 5.76 Å². The monoisotopic (exact) mass is 379 g/mol. The molecule has 1 aromatic carbocycles. The Bertz CT molecular complexity index is 1080. The zero-order valence-electron chi connectivity index (χ0n) is 13.6. The van der Waals surface area contributed by atoms with E-state index in [1.54, 1.807) is 6.07 Å². The first-order valence-electron chi connectivity index (χ1n) is 8.13. The van der Waals surface area contributed by atoms with E-state index in [1.165, 1.54) is 28.0 Å². The Balaban J connectivity index is 1.69. The Hall–Kier alpha value is -2.13. The Morgan fingerprint density at radius 3 is 2.88 bits per heavy atom. The van der Waals surface area contributed by atoms with Crippen LogP contribution in [0.4, 0.5) is 5.13 Å². The molecule has 1 N–H and O–H groups in total. The molecule has 0 bridgehead atoms. The fourth-order valence-electron chi connectivity index (χ4n) is 3.08. The summed E-state index contributed by atoms with van der Waals surface area (Å²) >= 11 is 1.39. The molecule has 7 nitrogen and oxygen atoms in total. The van der Waals surface area contributed by atoms with E-state index in [-0.39, 0.29) is 10.5 Å². The van der Waals surface area contributed by atoms with Gasteiger partial charge in [0.1, 0.15) is 0 Å². The van der Waals surface area contributed by atoms with Crippen LogP contribution in [0.1, 0.15) is 30.3 Å². The van der Waals surface area contributed by atoms with Crippen LogP contribution >= 0.6 is 11.3 Å². The second-order valence-electron chi connectivity index (χ2n) is 5.94. The lowest BCUT2D eigenvalue weighted by Gasteiger charge is -2.06. The van der Waals surface area contributed by atoms with Crippen molar-refractivity contribution in [1.82, 2.24) is 9.55 Å². The molecular weight excluding hydrogens is 362 g/mol. The number of aryl methyl sites for hydroxylation is 3. The van der Waals surface area contributed by atoms with Crippen LogP contribution < -0.4 is 10.5 Å². The van der Waals surface area contributed by atoms with Gasteiger partial charge in [0, 0.05) is 17.5 Å². The summed E-state index contributed by atoms with van der Waals surface area (Å²) in [7, 11) is -3.79. The van der Waals surface area contributed by atoms with Crippen molar-refractivity contribution in [3.8, 4) is 0 Å². The molecule has 0 radical (unpaired) electrons. The van der Waals surface area contributed by atoms with Crippen molar-refractivity contribution >= 4 is 37.6 Å². The third-order valence-electron chi connectivity index (χ3n) is 4.33. The van der Waals surface area contributed by atoms with E-state index in [4.69, 9.17) is 4.42 Å². The highest BCUT2D eigenvalue weighted by molar-refractivity contribution is 7.93. The van der Waals surface area contributed by atoms with E-state index in [0.29, 0.717) is 17.2 Å². The normalized spacial score (nSPS) is 14.6. The number of aromatic nitrogens is 2. The highest BCUT2D eigenvalue weighted by atomic mass is 32.2. The summed E-state index contributed by atoms with van der Waals surface area (Å²) in [6, 6.07) is 4.43. The standard InChI is InChI=1S/C16H17N3O4S2/c1-2-19-12-8-7-10(9-13(12)23-16(19)20)25(21,22)18-15-17-11-5-3-4-6-14(11)24-15/h7-9H,2-6H2,1H3,(H,17,18). The minimum Gasteiger partial charge on any atom is -0.408 e. The number of fused-ring (bicyclic) bond motifs is 2. The molecule has 9 heteroatoms. The molecule has 4 rings (SSSR count). The van der Waals surface area contributed by atoms with Gasteiger partial charge in [-0.15, -0.1) is 11.3 Å². The number of hydrogen-bond acceptors (Lipinski definition) is 6. The van der Waals surface area contributed by atoms with Crippen LogP contribution in [-0.2, 0) is 29.4 Å². The van der Waals surface area contributed by atoms with Gasteiger partial charge in [-0.05, 0) is 44.7 Å². The first-order chi connectivity index (χ1) is 12.0. The number of anilines is 1. The minimum absolute atomic E-state index is 0.0465. The Morgan fingerprint density at radius 1 is 1.32 bits per heavy atom. The van der Waals surface area contributed by atoms with Gasteiger partial charge in [0.15, 0.2) is 10.7 Å². The average Bonchev–Trinajstić information content (AvgIpc) is 3.12. The lowest BCUT2D eigenvalue weighted by atomic mass is 10.0. The van der Waals surface area contributed by atoms with Crippen LogP contribution in [0, 0.1) is 0 Å². The number of hydrogen-bond donors (Lipinski definition) is 1. The molecular formula is C16H17N3O4S2. The van der Waals surface area contributed by atoms with Crippen LogP contribution in [-0.4, -0.2) is 18.0 Å². The van der Waals surface area contributed by atoms with E-state index < -0.39 is 15.8 Å². The number of rotatable bonds is 4. The molecule has 25 heavy (non-hydrogen) atoms. The second-order valence-corrected chi connectivity index (χ2v) is 8.71. The van der Waals surface area contributed by atoms with E-state index in [9.17, 15) is 13.2 Å². The molecule has 1 aliphatic rings. The summed E-state index contributed by atoms with van der Waals surface area (Å²) in [5.74, 6) is -0.493. The summed E-state index contributed by atoms with van der Waals surface area (Å²) in [6.07, 6.45) is 4.06. The van der Waals surface area contributed by atoms with Crippen molar-refractivity contribution < 1.29 is 12.8 Å². The summed E-state index contributed by atoms with van der Waals surface area (Å²) in [5, 5.41) is 0.388. The molecule has 1 aliphatic carbocycles. The van der Waals surface area contributed by atoms with Crippen molar-refractivity contribution in [1.29, 1.82) is 0 Å². The smallest absolute Gasteiger partial charge is 0.408 e. The van der Waals surface area contributed by atoms with Gasteiger partial charge in [0.2, 0.25) is 0 Å². The summed E-state index contributed by atoms with van der Waals surface area (Å²) in [4.78, 5) is 17.4. The van der Waals surface area contributed by atoms with Gasteiger partial charge in [-0.1, -0.05) is 0 Å². The maximum atomic E-state index is 12.6. The highest BCUT2D eigenvalue weighted by Gasteiger charge is 2.21. The van der Waals surface area contributed by atoms with E-state index in [2.05, 4.69) is 9.71 Å². The van der Waals surface area contributed by atoms with E-state index in [1.807, 2.05) is 6.92 Å². The fourth-order valence-corrected chi connectivity index (χ4v) is 5.38. The zero-order chi connectivity index (χ0) is 17.6. The van der Waals surface area contributed by atoms with Gasteiger partial charge in [-0.25, -0.2) is 18.2 Å². The fraction of sp³-hybridized carbons (Fsp3) is 0.375. The quantitative estimate of drug-likeness (QED) is 0.752. The number of nitrogens with one attached hydrogen (secondary N) is 1.